The van der Waals surface area contributed by atoms with Crippen LogP contribution in [0.3, 0.4) is 0 Å². The predicted molar refractivity (Wildman–Crippen MR) is 56.9 cm³/mol. The zero-order valence-corrected chi connectivity index (χ0v) is 8.81. The number of aromatic nitrogens is 1. The molecule has 5 heteroatoms. The summed E-state index contributed by atoms with van der Waals surface area (Å²) < 4.78 is 0. The Bertz CT molecular complexity index is 368. The molecule has 0 aliphatic heterocycles. The van der Waals surface area contributed by atoms with E-state index in [4.69, 9.17) is 16.7 Å². The lowest BCUT2D eigenvalue weighted by molar-refractivity contribution is 0.0692. The molecule has 0 aliphatic rings. The van der Waals surface area contributed by atoms with Crippen LogP contribution in [0.2, 0.25) is 0 Å². The number of thioether (sulfide) groups is 1. The maximum atomic E-state index is 10.8. The highest BCUT2D eigenvalue weighted by atomic mass is 35.5. The van der Waals surface area contributed by atoms with Gasteiger partial charge in [-0.1, -0.05) is 29.9 Å². The van der Waals surface area contributed by atoms with Gasteiger partial charge in [-0.25, -0.2) is 9.78 Å². The van der Waals surface area contributed by atoms with Crippen LogP contribution in [0.5, 0.6) is 0 Å². The maximum Gasteiger partial charge on any atom is 0.338 e. The van der Waals surface area contributed by atoms with Crippen LogP contribution < -0.4 is 0 Å². The van der Waals surface area contributed by atoms with Gasteiger partial charge >= 0.3 is 5.97 Å². The summed E-state index contributed by atoms with van der Waals surface area (Å²) in [5, 5.41) is 9.75. The van der Waals surface area contributed by atoms with E-state index in [9.17, 15) is 4.79 Å². The average Bonchev–Trinajstić information content (AvgIpc) is 2.15. The molecule has 1 aromatic heterocycles. The first-order valence-corrected chi connectivity index (χ1v) is 5.12. The first-order valence-electron chi connectivity index (χ1n) is 3.75. The molecule has 0 amide bonds. The quantitative estimate of drug-likeness (QED) is 0.807. The van der Waals surface area contributed by atoms with Gasteiger partial charge in [0.25, 0.3) is 0 Å². The minimum absolute atomic E-state index is 0.190. The van der Waals surface area contributed by atoms with E-state index in [0.29, 0.717) is 15.8 Å². The summed E-state index contributed by atoms with van der Waals surface area (Å²) in [6.45, 7) is 3.51. The van der Waals surface area contributed by atoms with E-state index >= 15 is 0 Å². The van der Waals surface area contributed by atoms with Crippen LogP contribution in [0.25, 0.3) is 0 Å². The van der Waals surface area contributed by atoms with Crippen LogP contribution in [-0.2, 0) is 0 Å². The third kappa shape index (κ3) is 3.05. The number of rotatable bonds is 4. The van der Waals surface area contributed by atoms with Crippen molar-refractivity contribution in [1.29, 1.82) is 0 Å². The number of carbonyl (C=O) groups is 1. The average molecular weight is 230 g/mol. The molecule has 1 N–H and O–H groups in total. The summed E-state index contributed by atoms with van der Waals surface area (Å²) in [5.41, 5.74) is 0.190. The molecule has 0 bridgehead atoms. The normalized spacial score (nSPS) is 9.79. The van der Waals surface area contributed by atoms with E-state index in [0.717, 1.165) is 0 Å². The van der Waals surface area contributed by atoms with E-state index in [1.807, 2.05) is 0 Å². The Morgan fingerprint density at radius 2 is 2.43 bits per heavy atom. The number of nitrogens with zero attached hydrogens (tertiary/aromatic N) is 1. The highest BCUT2D eigenvalue weighted by molar-refractivity contribution is 7.99. The fourth-order valence-corrected chi connectivity index (χ4v) is 1.72. The summed E-state index contributed by atoms with van der Waals surface area (Å²) in [6, 6.07) is 3.09. The number of hydrogen-bond acceptors (Lipinski definition) is 3. The van der Waals surface area contributed by atoms with E-state index in [1.54, 1.807) is 12.3 Å². The smallest absolute Gasteiger partial charge is 0.338 e. The second-order valence-corrected chi connectivity index (χ2v) is 3.97. The van der Waals surface area contributed by atoms with Crippen molar-refractivity contribution in [2.45, 2.75) is 5.03 Å². The van der Waals surface area contributed by atoms with E-state index < -0.39 is 5.97 Å². The summed E-state index contributed by atoms with van der Waals surface area (Å²) in [4.78, 5) is 14.7. The first-order chi connectivity index (χ1) is 6.61. The summed E-state index contributed by atoms with van der Waals surface area (Å²) in [5.74, 6) is -0.528. The number of aromatic carboxylic acids is 1. The van der Waals surface area contributed by atoms with Gasteiger partial charge in [0.1, 0.15) is 5.03 Å². The van der Waals surface area contributed by atoms with Gasteiger partial charge in [-0.2, -0.15) is 0 Å². The van der Waals surface area contributed by atoms with Gasteiger partial charge in [-0.15, -0.1) is 0 Å². The number of pyridine rings is 1. The Kier molecular flexibility index (Phi) is 3.98. The van der Waals surface area contributed by atoms with Crippen molar-refractivity contribution < 1.29 is 9.90 Å². The number of carboxylic acids is 1. The van der Waals surface area contributed by atoms with Gasteiger partial charge < -0.3 is 5.11 Å². The molecule has 14 heavy (non-hydrogen) atoms. The minimum Gasteiger partial charge on any atom is -0.478 e. The molecule has 0 aliphatic carbocycles. The van der Waals surface area contributed by atoms with Crippen LogP contribution >= 0.6 is 23.4 Å². The van der Waals surface area contributed by atoms with Crippen molar-refractivity contribution in [3.8, 4) is 0 Å². The number of hydrogen-bond donors (Lipinski definition) is 1. The van der Waals surface area contributed by atoms with Gasteiger partial charge in [0, 0.05) is 17.0 Å². The molecule has 0 spiro atoms. The Labute approximate surface area is 90.8 Å². The molecule has 1 heterocycles. The van der Waals surface area contributed by atoms with Crippen molar-refractivity contribution in [2.75, 3.05) is 5.75 Å². The van der Waals surface area contributed by atoms with Gasteiger partial charge in [-0.3, -0.25) is 0 Å². The lowest BCUT2D eigenvalue weighted by atomic mass is 10.3. The largest absolute Gasteiger partial charge is 0.478 e. The lowest BCUT2D eigenvalue weighted by Gasteiger charge is -2.02. The van der Waals surface area contributed by atoms with E-state index in [-0.39, 0.29) is 5.56 Å². The van der Waals surface area contributed by atoms with Crippen LogP contribution in [-0.4, -0.2) is 21.8 Å². The van der Waals surface area contributed by atoms with Crippen LogP contribution in [0, 0.1) is 0 Å². The standard InChI is InChI=1S/C9H8ClNO2S/c1-6(10)5-14-8-7(9(12)13)3-2-4-11-8/h2-4H,1,5H2,(H,12,13). The zero-order valence-electron chi connectivity index (χ0n) is 7.24. The topological polar surface area (TPSA) is 50.2 Å². The second kappa shape index (κ2) is 5.02. The molecule has 0 unspecified atom stereocenters. The molecule has 0 saturated carbocycles. The second-order valence-electron chi connectivity index (χ2n) is 2.47. The molecule has 0 radical (unpaired) electrons. The molecule has 3 nitrogen and oxygen atoms in total. The van der Waals surface area contributed by atoms with Crippen molar-refractivity contribution >= 4 is 29.3 Å². The van der Waals surface area contributed by atoms with Crippen molar-refractivity contribution in [2.24, 2.45) is 0 Å². The Morgan fingerprint density at radius 3 is 3.00 bits per heavy atom. The molecule has 0 atom stereocenters. The Hall–Kier alpha value is -1.00. The fourth-order valence-electron chi connectivity index (χ4n) is 0.815. The fraction of sp³-hybridized carbons (Fsp3) is 0.111. The lowest BCUT2D eigenvalue weighted by Crippen LogP contribution is -2.00. The highest BCUT2D eigenvalue weighted by Gasteiger charge is 2.10. The van der Waals surface area contributed by atoms with Crippen molar-refractivity contribution in [1.82, 2.24) is 4.98 Å². The summed E-state index contributed by atoms with van der Waals surface area (Å²) in [6.07, 6.45) is 1.55. The third-order valence-corrected chi connectivity index (χ3v) is 2.75. The molecule has 1 rings (SSSR count). The maximum absolute atomic E-state index is 10.8. The summed E-state index contributed by atoms with van der Waals surface area (Å²) >= 11 is 6.83. The third-order valence-electron chi connectivity index (χ3n) is 1.37. The highest BCUT2D eigenvalue weighted by Crippen LogP contribution is 2.22. The summed E-state index contributed by atoms with van der Waals surface area (Å²) in [7, 11) is 0. The van der Waals surface area contributed by atoms with Crippen LogP contribution in [0.1, 0.15) is 10.4 Å². The molecule has 0 fully saturated rings. The van der Waals surface area contributed by atoms with Gasteiger partial charge in [0.05, 0.1) is 5.56 Å². The number of carboxylic acid groups (broad SMARTS) is 1. The molecule has 1 aromatic rings. The first kappa shape index (κ1) is 11.1. The van der Waals surface area contributed by atoms with Gasteiger partial charge in [-0.05, 0) is 12.1 Å². The molecule has 0 saturated heterocycles. The predicted octanol–water partition coefficient (Wildman–Crippen LogP) is 2.62. The van der Waals surface area contributed by atoms with Crippen LogP contribution in [0.15, 0.2) is 35.0 Å². The zero-order chi connectivity index (χ0) is 10.6. The van der Waals surface area contributed by atoms with E-state index in [1.165, 1.54) is 17.8 Å². The molecule has 74 valence electrons. The molecular weight excluding hydrogens is 222 g/mol. The Morgan fingerprint density at radius 1 is 1.71 bits per heavy atom. The van der Waals surface area contributed by atoms with Gasteiger partial charge in [0.2, 0.25) is 0 Å². The molecular formula is C9H8ClNO2S. The molecule has 0 aromatic carbocycles. The van der Waals surface area contributed by atoms with Gasteiger partial charge in [0.15, 0.2) is 0 Å². The SMILES string of the molecule is C=C(Cl)CSc1ncccc1C(=O)O. The van der Waals surface area contributed by atoms with Crippen molar-refractivity contribution in [3.63, 3.8) is 0 Å². The monoisotopic (exact) mass is 229 g/mol. The van der Waals surface area contributed by atoms with Crippen molar-refractivity contribution in [3.05, 3.63) is 35.5 Å². The van der Waals surface area contributed by atoms with Crippen LogP contribution in [0.4, 0.5) is 0 Å². The Balaban J connectivity index is 2.84. The number of halogens is 1. The minimum atomic E-state index is -0.985. The van der Waals surface area contributed by atoms with E-state index in [2.05, 4.69) is 11.6 Å².